The first kappa shape index (κ1) is 18.6. The van der Waals surface area contributed by atoms with E-state index in [9.17, 15) is 9.59 Å². The zero-order chi connectivity index (χ0) is 19.5. The van der Waals surface area contributed by atoms with Crippen molar-refractivity contribution in [1.82, 2.24) is 14.8 Å². The zero-order valence-corrected chi connectivity index (χ0v) is 16.3. The SMILES string of the molecule is Cn1cccc1C(=O)N1CCC[C@H](COc2cccc(C(=O)NC3CC3)c2)C1. The summed E-state index contributed by atoms with van der Waals surface area (Å²) in [5, 5.41) is 3.00. The van der Waals surface area contributed by atoms with E-state index in [0.717, 1.165) is 37.9 Å². The summed E-state index contributed by atoms with van der Waals surface area (Å²) in [5.74, 6) is 1.04. The maximum atomic E-state index is 12.7. The first-order valence-corrected chi connectivity index (χ1v) is 10.0. The van der Waals surface area contributed by atoms with Crippen molar-refractivity contribution in [3.63, 3.8) is 0 Å². The summed E-state index contributed by atoms with van der Waals surface area (Å²) in [6.07, 6.45) is 6.06. The summed E-state index contributed by atoms with van der Waals surface area (Å²) in [5.41, 5.74) is 1.35. The van der Waals surface area contributed by atoms with E-state index in [1.54, 1.807) is 6.07 Å². The lowest BCUT2D eigenvalue weighted by molar-refractivity contribution is 0.0623. The number of nitrogens with zero attached hydrogens (tertiary/aromatic N) is 2. The Morgan fingerprint density at radius 2 is 2.04 bits per heavy atom. The number of likely N-dealkylation sites (tertiary alicyclic amines) is 1. The largest absolute Gasteiger partial charge is 0.493 e. The molecule has 4 rings (SSSR count). The Hall–Kier alpha value is -2.76. The number of rotatable bonds is 6. The van der Waals surface area contributed by atoms with Crippen LogP contribution in [-0.4, -0.2) is 47.0 Å². The van der Waals surface area contributed by atoms with E-state index in [4.69, 9.17) is 4.74 Å². The molecule has 1 atom stereocenters. The van der Waals surface area contributed by atoms with Gasteiger partial charge < -0.3 is 19.5 Å². The molecule has 1 aromatic heterocycles. The Morgan fingerprint density at radius 3 is 2.79 bits per heavy atom. The quantitative estimate of drug-likeness (QED) is 0.837. The van der Waals surface area contributed by atoms with Crippen LogP contribution in [0.3, 0.4) is 0 Å². The Labute approximate surface area is 165 Å². The number of hydrogen-bond donors (Lipinski definition) is 1. The molecule has 2 fully saturated rings. The number of ether oxygens (including phenoxy) is 1. The number of aryl methyl sites for hydroxylation is 1. The van der Waals surface area contributed by atoms with Crippen LogP contribution in [0.2, 0.25) is 0 Å². The standard InChI is InChI=1S/C22H27N3O3/c1-24-11-4-8-20(24)22(27)25-12-3-5-16(14-25)15-28-19-7-2-6-17(13-19)21(26)23-18-9-10-18/h2,4,6-8,11,13,16,18H,3,5,9-10,12,14-15H2,1H3,(H,23,26)/t16-/m0/s1. The molecular weight excluding hydrogens is 354 g/mol. The smallest absolute Gasteiger partial charge is 0.270 e. The highest BCUT2D eigenvalue weighted by Gasteiger charge is 2.26. The molecule has 148 valence electrons. The van der Waals surface area contributed by atoms with Gasteiger partial charge in [-0.25, -0.2) is 0 Å². The third-order valence-electron chi connectivity index (χ3n) is 5.46. The summed E-state index contributed by atoms with van der Waals surface area (Å²) < 4.78 is 7.84. The minimum atomic E-state index is -0.0371. The van der Waals surface area contributed by atoms with E-state index >= 15 is 0 Å². The molecule has 1 saturated carbocycles. The lowest BCUT2D eigenvalue weighted by Gasteiger charge is -2.32. The van der Waals surface area contributed by atoms with Crippen LogP contribution in [-0.2, 0) is 7.05 Å². The first-order valence-electron chi connectivity index (χ1n) is 10.0. The van der Waals surface area contributed by atoms with Crippen molar-refractivity contribution in [2.24, 2.45) is 13.0 Å². The highest BCUT2D eigenvalue weighted by atomic mass is 16.5. The maximum Gasteiger partial charge on any atom is 0.270 e. The third-order valence-corrected chi connectivity index (χ3v) is 5.46. The van der Waals surface area contributed by atoms with Crippen LogP contribution in [0.1, 0.15) is 46.5 Å². The summed E-state index contributed by atoms with van der Waals surface area (Å²) in [6.45, 7) is 2.04. The number of piperidine rings is 1. The Bertz CT molecular complexity index is 856. The molecule has 1 aromatic carbocycles. The van der Waals surface area contributed by atoms with E-state index in [2.05, 4.69) is 5.32 Å². The molecule has 2 aliphatic rings. The molecule has 6 nitrogen and oxygen atoms in total. The van der Waals surface area contributed by atoms with E-state index in [1.165, 1.54) is 0 Å². The highest BCUT2D eigenvalue weighted by Crippen LogP contribution is 2.22. The number of aromatic nitrogens is 1. The molecule has 2 aromatic rings. The molecule has 2 heterocycles. The molecule has 0 radical (unpaired) electrons. The van der Waals surface area contributed by atoms with Crippen molar-refractivity contribution >= 4 is 11.8 Å². The lowest BCUT2D eigenvalue weighted by Crippen LogP contribution is -2.42. The van der Waals surface area contributed by atoms with Gasteiger partial charge in [0.25, 0.3) is 11.8 Å². The van der Waals surface area contributed by atoms with Crippen molar-refractivity contribution in [2.45, 2.75) is 31.7 Å². The summed E-state index contributed by atoms with van der Waals surface area (Å²) in [7, 11) is 1.89. The van der Waals surface area contributed by atoms with Crippen LogP contribution < -0.4 is 10.1 Å². The van der Waals surface area contributed by atoms with Gasteiger partial charge in [-0.2, -0.15) is 0 Å². The molecule has 0 bridgehead atoms. The monoisotopic (exact) mass is 381 g/mol. The second-order valence-corrected chi connectivity index (χ2v) is 7.85. The van der Waals surface area contributed by atoms with Gasteiger partial charge in [0, 0.05) is 43.9 Å². The van der Waals surface area contributed by atoms with Gasteiger partial charge in [0.05, 0.1) is 6.61 Å². The van der Waals surface area contributed by atoms with Gasteiger partial charge in [0.15, 0.2) is 0 Å². The number of carbonyl (C=O) groups is 2. The van der Waals surface area contributed by atoms with Gasteiger partial charge in [-0.15, -0.1) is 0 Å². The molecule has 2 amide bonds. The molecule has 0 unspecified atom stereocenters. The van der Waals surface area contributed by atoms with E-state index in [0.29, 0.717) is 36.4 Å². The fourth-order valence-electron chi connectivity index (χ4n) is 3.67. The normalized spacial score (nSPS) is 19.3. The summed E-state index contributed by atoms with van der Waals surface area (Å²) >= 11 is 0. The van der Waals surface area contributed by atoms with Crippen LogP contribution in [0.25, 0.3) is 0 Å². The molecule has 28 heavy (non-hydrogen) atoms. The van der Waals surface area contributed by atoms with Gasteiger partial charge in [0.1, 0.15) is 11.4 Å². The van der Waals surface area contributed by atoms with E-state index in [1.807, 2.05) is 53.0 Å². The van der Waals surface area contributed by atoms with Crippen LogP contribution in [0.4, 0.5) is 0 Å². The predicted molar refractivity (Wildman–Crippen MR) is 106 cm³/mol. The number of amides is 2. The van der Waals surface area contributed by atoms with Gasteiger partial charge >= 0.3 is 0 Å². The first-order chi connectivity index (χ1) is 13.6. The van der Waals surface area contributed by atoms with Crippen molar-refractivity contribution in [3.05, 3.63) is 53.9 Å². The second kappa shape index (κ2) is 8.09. The zero-order valence-electron chi connectivity index (χ0n) is 16.3. The number of hydrogen-bond acceptors (Lipinski definition) is 3. The van der Waals surface area contributed by atoms with Gasteiger partial charge in [-0.05, 0) is 56.0 Å². The van der Waals surface area contributed by atoms with E-state index < -0.39 is 0 Å². The Balaban J connectivity index is 1.32. The molecule has 0 spiro atoms. The fraction of sp³-hybridized carbons (Fsp3) is 0.455. The lowest BCUT2D eigenvalue weighted by atomic mass is 9.98. The molecular formula is C22H27N3O3. The number of nitrogens with one attached hydrogen (secondary N) is 1. The number of carbonyl (C=O) groups excluding carboxylic acids is 2. The maximum absolute atomic E-state index is 12.7. The van der Waals surface area contributed by atoms with E-state index in [-0.39, 0.29) is 11.8 Å². The van der Waals surface area contributed by atoms with Crippen molar-refractivity contribution in [2.75, 3.05) is 19.7 Å². The molecule has 1 aliphatic heterocycles. The van der Waals surface area contributed by atoms with Crippen molar-refractivity contribution in [3.8, 4) is 5.75 Å². The predicted octanol–water partition coefficient (Wildman–Crippen LogP) is 2.85. The van der Waals surface area contributed by atoms with Crippen LogP contribution in [0, 0.1) is 5.92 Å². The van der Waals surface area contributed by atoms with Crippen LogP contribution >= 0.6 is 0 Å². The average molecular weight is 381 g/mol. The molecule has 1 saturated heterocycles. The Morgan fingerprint density at radius 1 is 1.18 bits per heavy atom. The third kappa shape index (κ3) is 4.38. The molecule has 1 N–H and O–H groups in total. The summed E-state index contributed by atoms with van der Waals surface area (Å²) in [6, 6.07) is 11.4. The van der Waals surface area contributed by atoms with Crippen molar-refractivity contribution in [1.29, 1.82) is 0 Å². The van der Waals surface area contributed by atoms with Crippen LogP contribution in [0.5, 0.6) is 5.75 Å². The van der Waals surface area contributed by atoms with Crippen molar-refractivity contribution < 1.29 is 14.3 Å². The fourth-order valence-corrected chi connectivity index (χ4v) is 3.67. The van der Waals surface area contributed by atoms with Gasteiger partial charge in [0.2, 0.25) is 0 Å². The van der Waals surface area contributed by atoms with Crippen LogP contribution in [0.15, 0.2) is 42.6 Å². The summed E-state index contributed by atoms with van der Waals surface area (Å²) in [4.78, 5) is 26.9. The van der Waals surface area contributed by atoms with Gasteiger partial charge in [-0.1, -0.05) is 6.07 Å². The second-order valence-electron chi connectivity index (χ2n) is 7.85. The Kier molecular flexibility index (Phi) is 5.37. The number of benzene rings is 1. The minimum absolute atomic E-state index is 0.0371. The highest BCUT2D eigenvalue weighted by molar-refractivity contribution is 5.95. The molecule has 1 aliphatic carbocycles. The molecule has 6 heteroatoms. The average Bonchev–Trinajstić information content (AvgIpc) is 3.43. The minimum Gasteiger partial charge on any atom is -0.493 e. The van der Waals surface area contributed by atoms with Gasteiger partial charge in [-0.3, -0.25) is 9.59 Å². The topological polar surface area (TPSA) is 63.6 Å².